The summed E-state index contributed by atoms with van der Waals surface area (Å²) in [5.74, 6) is 0. The molecule has 1 aromatic carbocycles. The second kappa shape index (κ2) is 4.22. The molecule has 3 aromatic rings. The maximum atomic E-state index is 4.25. The number of pyridine rings is 1. The molecule has 0 aliphatic rings. The van der Waals surface area contributed by atoms with Gasteiger partial charge in [0.1, 0.15) is 0 Å². The molecule has 0 aliphatic heterocycles. The molecule has 1 radical (unpaired) electrons. The van der Waals surface area contributed by atoms with E-state index in [1.165, 1.54) is 0 Å². The summed E-state index contributed by atoms with van der Waals surface area (Å²) < 4.78 is 0. The maximum absolute atomic E-state index is 4.25. The van der Waals surface area contributed by atoms with Gasteiger partial charge in [0, 0.05) is 29.7 Å². The average Bonchev–Trinajstić information content (AvgIpc) is 2.94. The van der Waals surface area contributed by atoms with Crippen molar-refractivity contribution in [2.24, 2.45) is 0 Å². The third kappa shape index (κ3) is 1.95. The molecule has 2 heterocycles. The number of aromatic nitrogens is 3. The van der Waals surface area contributed by atoms with Crippen LogP contribution in [0.2, 0.25) is 0 Å². The van der Waals surface area contributed by atoms with Gasteiger partial charge in [-0.25, -0.2) is 4.98 Å². The molecular weight excluding hydrogens is 210 g/mol. The van der Waals surface area contributed by atoms with Gasteiger partial charge < -0.3 is 4.98 Å². The third-order valence-corrected chi connectivity index (χ3v) is 2.59. The molecule has 0 amide bonds. The number of imidazole rings is 1. The molecule has 0 saturated carbocycles. The van der Waals surface area contributed by atoms with E-state index in [0.29, 0.717) is 0 Å². The van der Waals surface area contributed by atoms with Crippen LogP contribution in [0, 0.1) is 6.33 Å². The molecule has 0 atom stereocenters. The van der Waals surface area contributed by atoms with E-state index < -0.39 is 0 Å². The first-order chi connectivity index (χ1) is 8.43. The summed E-state index contributed by atoms with van der Waals surface area (Å²) in [6.07, 6.45) is 8.15. The molecule has 17 heavy (non-hydrogen) atoms. The van der Waals surface area contributed by atoms with Gasteiger partial charge in [-0.3, -0.25) is 4.98 Å². The van der Waals surface area contributed by atoms with Crippen molar-refractivity contribution < 1.29 is 0 Å². The summed E-state index contributed by atoms with van der Waals surface area (Å²) in [6.45, 7) is 0. The van der Waals surface area contributed by atoms with Crippen LogP contribution in [0.3, 0.4) is 0 Å². The zero-order valence-electron chi connectivity index (χ0n) is 9.09. The largest absolute Gasteiger partial charge is 0.341 e. The minimum atomic E-state index is 0.857. The number of nitrogens with zero attached hydrogens (tertiary/aromatic N) is 2. The number of rotatable bonds is 2. The Morgan fingerprint density at radius 2 is 1.76 bits per heavy atom. The first kappa shape index (κ1) is 9.78. The van der Waals surface area contributed by atoms with Crippen molar-refractivity contribution >= 4 is 0 Å². The van der Waals surface area contributed by atoms with E-state index >= 15 is 0 Å². The molecule has 0 spiro atoms. The predicted molar refractivity (Wildman–Crippen MR) is 66.1 cm³/mol. The Labute approximate surface area is 99.2 Å². The van der Waals surface area contributed by atoms with E-state index in [2.05, 4.69) is 39.5 Å². The number of nitrogens with one attached hydrogen (secondary N) is 1. The Hall–Kier alpha value is -2.42. The first-order valence-corrected chi connectivity index (χ1v) is 5.36. The van der Waals surface area contributed by atoms with E-state index in [0.717, 1.165) is 22.4 Å². The number of hydrogen-bond donors (Lipinski definition) is 1. The Morgan fingerprint density at radius 1 is 0.941 bits per heavy atom. The molecule has 0 bridgehead atoms. The van der Waals surface area contributed by atoms with Crippen LogP contribution in [-0.2, 0) is 0 Å². The fraction of sp³-hybridized carbons (Fsp3) is 0. The average molecular weight is 220 g/mol. The number of aromatic amines is 1. The van der Waals surface area contributed by atoms with Crippen LogP contribution in [0.4, 0.5) is 0 Å². The lowest BCUT2D eigenvalue weighted by Gasteiger charge is -2.02. The number of benzene rings is 1. The van der Waals surface area contributed by atoms with E-state index in [9.17, 15) is 0 Å². The van der Waals surface area contributed by atoms with Gasteiger partial charge in [-0.15, -0.1) is 0 Å². The zero-order valence-corrected chi connectivity index (χ0v) is 9.09. The normalized spacial score (nSPS) is 10.4. The van der Waals surface area contributed by atoms with Gasteiger partial charge in [0.25, 0.3) is 0 Å². The Bertz CT molecular complexity index is 600. The summed E-state index contributed by atoms with van der Waals surface area (Å²) in [5.41, 5.74) is 4.09. The first-order valence-electron chi connectivity index (χ1n) is 5.36. The van der Waals surface area contributed by atoms with E-state index in [1.807, 2.05) is 30.6 Å². The summed E-state index contributed by atoms with van der Waals surface area (Å²) in [6, 6.07) is 12.2. The highest BCUT2D eigenvalue weighted by atomic mass is 14.9. The van der Waals surface area contributed by atoms with Gasteiger partial charge in [-0.05, 0) is 11.6 Å². The smallest absolute Gasteiger partial charge is 0.174 e. The molecule has 0 aliphatic carbocycles. The molecule has 3 heteroatoms. The van der Waals surface area contributed by atoms with Gasteiger partial charge in [0.15, 0.2) is 6.33 Å². The second-order valence-electron chi connectivity index (χ2n) is 3.73. The molecule has 3 nitrogen and oxygen atoms in total. The molecule has 3 rings (SSSR count). The standard InChI is InChI=1S/C14H10N3/c1-2-4-11(5-3-1)12-6-13(8-15-7-12)14-9-16-10-17-14/h1-9H,(H,16,17). The lowest BCUT2D eigenvalue weighted by Crippen LogP contribution is -1.83. The van der Waals surface area contributed by atoms with Crippen molar-refractivity contribution in [3.63, 3.8) is 0 Å². The molecule has 2 aromatic heterocycles. The van der Waals surface area contributed by atoms with Crippen LogP contribution < -0.4 is 0 Å². The highest BCUT2D eigenvalue weighted by Gasteiger charge is 2.03. The van der Waals surface area contributed by atoms with Crippen molar-refractivity contribution in [3.8, 4) is 22.4 Å². The summed E-state index contributed by atoms with van der Waals surface area (Å²) >= 11 is 0. The maximum Gasteiger partial charge on any atom is 0.174 e. The van der Waals surface area contributed by atoms with Crippen LogP contribution in [0.5, 0.6) is 0 Å². The summed E-state index contributed by atoms with van der Waals surface area (Å²) in [4.78, 5) is 11.2. The van der Waals surface area contributed by atoms with Crippen molar-refractivity contribution in [3.05, 3.63) is 61.3 Å². The quantitative estimate of drug-likeness (QED) is 0.721. The lowest BCUT2D eigenvalue weighted by molar-refractivity contribution is 1.28. The number of hydrogen-bond acceptors (Lipinski definition) is 2. The minimum Gasteiger partial charge on any atom is -0.341 e. The molecule has 0 saturated heterocycles. The highest BCUT2D eigenvalue weighted by Crippen LogP contribution is 2.23. The van der Waals surface area contributed by atoms with Crippen molar-refractivity contribution in [1.29, 1.82) is 0 Å². The minimum absolute atomic E-state index is 0.857. The van der Waals surface area contributed by atoms with E-state index in [-0.39, 0.29) is 0 Å². The van der Waals surface area contributed by atoms with Gasteiger partial charge in [0.05, 0.1) is 5.69 Å². The molecule has 81 valence electrons. The fourth-order valence-corrected chi connectivity index (χ4v) is 1.74. The SMILES string of the molecule is [c]1nc(-c2cncc(-c3ccccc3)c2)c[nH]1. The van der Waals surface area contributed by atoms with Crippen LogP contribution in [0.1, 0.15) is 0 Å². The Morgan fingerprint density at radius 3 is 2.53 bits per heavy atom. The predicted octanol–water partition coefficient (Wildman–Crippen LogP) is 2.94. The van der Waals surface area contributed by atoms with Gasteiger partial charge in [-0.2, -0.15) is 0 Å². The second-order valence-corrected chi connectivity index (χ2v) is 3.73. The van der Waals surface area contributed by atoms with E-state index in [4.69, 9.17) is 0 Å². The molecular formula is C14H10N3. The van der Waals surface area contributed by atoms with Crippen molar-refractivity contribution in [2.45, 2.75) is 0 Å². The van der Waals surface area contributed by atoms with Crippen LogP contribution >= 0.6 is 0 Å². The van der Waals surface area contributed by atoms with Gasteiger partial charge >= 0.3 is 0 Å². The monoisotopic (exact) mass is 220 g/mol. The molecule has 1 N–H and O–H groups in total. The van der Waals surface area contributed by atoms with Crippen LogP contribution in [-0.4, -0.2) is 15.0 Å². The van der Waals surface area contributed by atoms with Gasteiger partial charge in [0.2, 0.25) is 0 Å². The topological polar surface area (TPSA) is 41.6 Å². The lowest BCUT2D eigenvalue weighted by atomic mass is 10.1. The zero-order chi connectivity index (χ0) is 11.5. The fourth-order valence-electron chi connectivity index (χ4n) is 1.74. The van der Waals surface area contributed by atoms with E-state index in [1.54, 1.807) is 6.20 Å². The van der Waals surface area contributed by atoms with Crippen LogP contribution in [0.25, 0.3) is 22.4 Å². The van der Waals surface area contributed by atoms with Crippen molar-refractivity contribution in [1.82, 2.24) is 15.0 Å². The number of H-pyrrole nitrogens is 1. The van der Waals surface area contributed by atoms with Crippen molar-refractivity contribution in [2.75, 3.05) is 0 Å². The van der Waals surface area contributed by atoms with Crippen LogP contribution in [0.15, 0.2) is 55.0 Å². The Balaban J connectivity index is 2.06. The highest BCUT2D eigenvalue weighted by molar-refractivity contribution is 5.69. The molecule has 0 fully saturated rings. The summed E-state index contributed by atoms with van der Waals surface area (Å²) in [7, 11) is 0. The van der Waals surface area contributed by atoms with Gasteiger partial charge in [-0.1, -0.05) is 30.3 Å². The summed E-state index contributed by atoms with van der Waals surface area (Å²) in [5, 5.41) is 0. The molecule has 0 unspecified atom stereocenters. The Kier molecular flexibility index (Phi) is 2.43. The third-order valence-electron chi connectivity index (χ3n) is 2.59.